The molecule has 23 heavy (non-hydrogen) atoms. The molecular formula is C17H23N3O2S. The zero-order valence-corrected chi connectivity index (χ0v) is 15.1. The van der Waals surface area contributed by atoms with Crippen LogP contribution in [0.3, 0.4) is 0 Å². The maximum absolute atomic E-state index is 11.9. The summed E-state index contributed by atoms with van der Waals surface area (Å²) >= 11 is 5.31. The fourth-order valence-electron chi connectivity index (χ4n) is 2.02. The number of hydrogen-bond donors (Lipinski definition) is 1. The third kappa shape index (κ3) is 4.28. The lowest BCUT2D eigenvalue weighted by atomic mass is 9.97. The number of carbonyl (C=O) groups excluding carboxylic acids is 1. The van der Waals surface area contributed by atoms with Gasteiger partial charge in [0.05, 0.1) is 21.6 Å². The maximum Gasteiger partial charge on any atom is 0.316 e. The van der Waals surface area contributed by atoms with E-state index in [2.05, 4.69) is 10.2 Å². The molecule has 1 aromatic carbocycles. The number of nitrogens with zero attached hydrogens (tertiary/aromatic N) is 2. The number of rotatable bonds is 4. The molecule has 0 unspecified atom stereocenters. The number of fused-ring (bicyclic) bond motifs is 1. The zero-order chi connectivity index (χ0) is 17.2. The predicted octanol–water partition coefficient (Wildman–Crippen LogP) is 3.34. The van der Waals surface area contributed by atoms with Crippen molar-refractivity contribution in [2.24, 2.45) is 5.41 Å². The van der Waals surface area contributed by atoms with E-state index in [0.717, 1.165) is 34.4 Å². The minimum absolute atomic E-state index is 0.257. The van der Waals surface area contributed by atoms with Gasteiger partial charge < -0.3 is 9.64 Å². The van der Waals surface area contributed by atoms with E-state index in [-0.39, 0.29) is 5.97 Å². The van der Waals surface area contributed by atoms with Gasteiger partial charge in [0.1, 0.15) is 5.75 Å². The lowest BCUT2D eigenvalue weighted by molar-refractivity contribution is -0.142. The normalized spacial score (nSPS) is 11.5. The van der Waals surface area contributed by atoms with Crippen LogP contribution in [0.15, 0.2) is 18.2 Å². The Morgan fingerprint density at radius 3 is 2.65 bits per heavy atom. The molecule has 0 spiro atoms. The van der Waals surface area contributed by atoms with Gasteiger partial charge in [-0.1, -0.05) is 12.2 Å². The summed E-state index contributed by atoms with van der Waals surface area (Å²) in [6.07, 6.45) is 1.56. The summed E-state index contributed by atoms with van der Waals surface area (Å²) in [6.45, 7) is 5.49. The van der Waals surface area contributed by atoms with Crippen molar-refractivity contribution in [3.05, 3.63) is 23.9 Å². The molecule has 0 amide bonds. The zero-order valence-electron chi connectivity index (χ0n) is 14.3. The molecule has 0 fully saturated rings. The Hall–Kier alpha value is -1.95. The molecule has 1 aromatic heterocycles. The van der Waals surface area contributed by atoms with Crippen LogP contribution in [0.1, 0.15) is 32.9 Å². The van der Waals surface area contributed by atoms with E-state index in [4.69, 9.17) is 17.0 Å². The van der Waals surface area contributed by atoms with Crippen LogP contribution in [0.4, 0.5) is 0 Å². The van der Waals surface area contributed by atoms with Crippen molar-refractivity contribution in [1.29, 1.82) is 0 Å². The SMILES string of the molecule is CN(C)C(=S)CCc1n[nH]c2cc(OC(=O)C(C)(C)C)ccc12. The van der Waals surface area contributed by atoms with Gasteiger partial charge in [-0.15, -0.1) is 0 Å². The number of aromatic nitrogens is 2. The van der Waals surface area contributed by atoms with E-state index in [9.17, 15) is 4.79 Å². The summed E-state index contributed by atoms with van der Waals surface area (Å²) in [5.41, 5.74) is 1.29. The molecule has 0 atom stereocenters. The van der Waals surface area contributed by atoms with Crippen molar-refractivity contribution in [2.75, 3.05) is 14.1 Å². The fourth-order valence-corrected chi connectivity index (χ4v) is 2.12. The number of carbonyl (C=O) groups is 1. The average molecular weight is 333 g/mol. The first-order chi connectivity index (χ1) is 10.7. The number of nitrogens with one attached hydrogen (secondary N) is 1. The van der Waals surface area contributed by atoms with Crippen LogP contribution in [-0.4, -0.2) is 40.2 Å². The molecule has 0 radical (unpaired) electrons. The van der Waals surface area contributed by atoms with Gasteiger partial charge in [0, 0.05) is 32.0 Å². The maximum atomic E-state index is 11.9. The second kappa shape index (κ2) is 6.66. The summed E-state index contributed by atoms with van der Waals surface area (Å²) in [7, 11) is 3.89. The van der Waals surface area contributed by atoms with E-state index in [0.29, 0.717) is 5.75 Å². The number of hydrogen-bond acceptors (Lipinski definition) is 4. The molecule has 124 valence electrons. The summed E-state index contributed by atoms with van der Waals surface area (Å²) in [5.74, 6) is 0.268. The van der Waals surface area contributed by atoms with Crippen molar-refractivity contribution < 1.29 is 9.53 Å². The molecule has 0 aliphatic carbocycles. The molecule has 1 N–H and O–H groups in total. The van der Waals surface area contributed by atoms with E-state index in [1.54, 1.807) is 12.1 Å². The standard InChI is InChI=1S/C17H23N3O2S/c1-17(2,3)16(21)22-11-6-7-12-13(18-19-14(12)10-11)8-9-15(23)20(4)5/h6-7,10H,8-9H2,1-5H3,(H,18,19). The van der Waals surface area contributed by atoms with Crippen molar-refractivity contribution in [2.45, 2.75) is 33.6 Å². The summed E-state index contributed by atoms with van der Waals surface area (Å²) < 4.78 is 5.41. The van der Waals surface area contributed by atoms with Gasteiger partial charge in [0.25, 0.3) is 0 Å². The molecule has 0 saturated carbocycles. The van der Waals surface area contributed by atoms with Crippen molar-refractivity contribution in [3.63, 3.8) is 0 Å². The van der Waals surface area contributed by atoms with Crippen molar-refractivity contribution in [1.82, 2.24) is 15.1 Å². The van der Waals surface area contributed by atoms with Crippen LogP contribution in [0, 0.1) is 5.41 Å². The van der Waals surface area contributed by atoms with Gasteiger partial charge >= 0.3 is 5.97 Å². The van der Waals surface area contributed by atoms with E-state index < -0.39 is 5.41 Å². The highest BCUT2D eigenvalue weighted by molar-refractivity contribution is 7.80. The summed E-state index contributed by atoms with van der Waals surface area (Å²) in [4.78, 5) is 14.8. The second-order valence-corrected chi connectivity index (χ2v) is 7.28. The van der Waals surface area contributed by atoms with Crippen LogP contribution in [0.2, 0.25) is 0 Å². The number of thiocarbonyl (C=S) groups is 1. The van der Waals surface area contributed by atoms with E-state index in [1.807, 2.05) is 45.8 Å². The lowest BCUT2D eigenvalue weighted by Crippen LogP contribution is -2.25. The van der Waals surface area contributed by atoms with Crippen molar-refractivity contribution >= 4 is 34.1 Å². The Labute approximate surface area is 142 Å². The average Bonchev–Trinajstić information content (AvgIpc) is 2.85. The Morgan fingerprint density at radius 1 is 1.35 bits per heavy atom. The van der Waals surface area contributed by atoms with Gasteiger partial charge in [-0.2, -0.15) is 5.10 Å². The molecule has 0 bridgehead atoms. The smallest absolute Gasteiger partial charge is 0.316 e. The van der Waals surface area contributed by atoms with Crippen LogP contribution in [0.25, 0.3) is 10.9 Å². The molecule has 2 rings (SSSR count). The number of esters is 1. The Morgan fingerprint density at radius 2 is 2.04 bits per heavy atom. The minimum atomic E-state index is -0.532. The first kappa shape index (κ1) is 17.4. The Kier molecular flexibility index (Phi) is 5.04. The second-order valence-electron chi connectivity index (χ2n) is 6.81. The number of H-pyrrole nitrogens is 1. The van der Waals surface area contributed by atoms with E-state index in [1.165, 1.54) is 0 Å². The van der Waals surface area contributed by atoms with Gasteiger partial charge in [-0.05, 0) is 39.3 Å². The lowest BCUT2D eigenvalue weighted by Gasteiger charge is -2.16. The van der Waals surface area contributed by atoms with Gasteiger partial charge in [0.15, 0.2) is 0 Å². The highest BCUT2D eigenvalue weighted by Crippen LogP contribution is 2.25. The summed E-state index contributed by atoms with van der Waals surface area (Å²) in [6, 6.07) is 5.53. The number of aryl methyl sites for hydroxylation is 1. The largest absolute Gasteiger partial charge is 0.426 e. The molecule has 0 aliphatic heterocycles. The number of ether oxygens (including phenoxy) is 1. The van der Waals surface area contributed by atoms with Gasteiger partial charge in [-0.3, -0.25) is 9.89 Å². The fraction of sp³-hybridized carbons (Fsp3) is 0.471. The molecule has 1 heterocycles. The predicted molar refractivity (Wildman–Crippen MR) is 95.8 cm³/mol. The highest BCUT2D eigenvalue weighted by atomic mass is 32.1. The van der Waals surface area contributed by atoms with Gasteiger partial charge in [-0.25, -0.2) is 0 Å². The summed E-state index contributed by atoms with van der Waals surface area (Å²) in [5, 5.41) is 8.38. The molecule has 0 saturated heterocycles. The minimum Gasteiger partial charge on any atom is -0.426 e. The van der Waals surface area contributed by atoms with Crippen LogP contribution in [0.5, 0.6) is 5.75 Å². The first-order valence-corrected chi connectivity index (χ1v) is 7.99. The highest BCUT2D eigenvalue weighted by Gasteiger charge is 2.23. The third-order valence-corrected chi connectivity index (χ3v) is 4.08. The number of benzene rings is 1. The third-order valence-electron chi connectivity index (χ3n) is 3.51. The number of aromatic amines is 1. The topological polar surface area (TPSA) is 58.2 Å². The van der Waals surface area contributed by atoms with E-state index >= 15 is 0 Å². The molecule has 5 nitrogen and oxygen atoms in total. The van der Waals surface area contributed by atoms with Crippen LogP contribution < -0.4 is 4.74 Å². The Bertz CT molecular complexity index is 729. The molecule has 6 heteroatoms. The molecular weight excluding hydrogens is 310 g/mol. The molecule has 0 aliphatic rings. The quantitative estimate of drug-likeness (QED) is 0.528. The molecule has 2 aromatic rings. The monoisotopic (exact) mass is 333 g/mol. The Balaban J connectivity index is 2.14. The van der Waals surface area contributed by atoms with Crippen LogP contribution >= 0.6 is 12.2 Å². The van der Waals surface area contributed by atoms with Gasteiger partial charge in [0.2, 0.25) is 0 Å². The van der Waals surface area contributed by atoms with Crippen molar-refractivity contribution in [3.8, 4) is 5.75 Å². The van der Waals surface area contributed by atoms with Crippen LogP contribution in [-0.2, 0) is 11.2 Å². The first-order valence-electron chi connectivity index (χ1n) is 7.58.